The van der Waals surface area contributed by atoms with Gasteiger partial charge in [0.2, 0.25) is 0 Å². The Kier molecular flexibility index (Phi) is 3.59. The molecule has 14 heavy (non-hydrogen) atoms. The second kappa shape index (κ2) is 4.52. The van der Waals surface area contributed by atoms with Gasteiger partial charge in [-0.2, -0.15) is 0 Å². The Hall–Kier alpha value is -0.950. The van der Waals surface area contributed by atoms with Crippen LogP contribution >= 0.6 is 0 Å². The Morgan fingerprint density at radius 2 is 2.21 bits per heavy atom. The van der Waals surface area contributed by atoms with Crippen LogP contribution in [0.1, 0.15) is 20.3 Å². The molecule has 7 heteroatoms. The molecule has 0 aromatic carbocycles. The number of sulfonamides is 1. The van der Waals surface area contributed by atoms with Crippen molar-refractivity contribution < 1.29 is 8.42 Å². The minimum atomic E-state index is -3.43. The third kappa shape index (κ3) is 2.30. The van der Waals surface area contributed by atoms with Gasteiger partial charge in [-0.1, -0.05) is 12.1 Å². The average Bonchev–Trinajstić information content (AvgIpc) is 2.63. The zero-order valence-corrected chi connectivity index (χ0v) is 9.08. The number of hydrogen-bond donors (Lipinski definition) is 1. The van der Waals surface area contributed by atoms with Crippen molar-refractivity contribution in [3.05, 3.63) is 6.20 Å². The van der Waals surface area contributed by atoms with Crippen molar-refractivity contribution in [2.24, 2.45) is 0 Å². The molecule has 1 heterocycles. The first-order valence-electron chi connectivity index (χ1n) is 4.50. The third-order valence-corrected chi connectivity index (χ3v) is 3.15. The molecule has 0 amide bonds. The Labute approximate surface area is 83.4 Å². The van der Waals surface area contributed by atoms with Crippen molar-refractivity contribution in [2.75, 3.05) is 6.54 Å². The van der Waals surface area contributed by atoms with Gasteiger partial charge in [0.1, 0.15) is 0 Å². The summed E-state index contributed by atoms with van der Waals surface area (Å²) in [5.41, 5.74) is 0. The predicted molar refractivity (Wildman–Crippen MR) is 51.2 cm³/mol. The van der Waals surface area contributed by atoms with E-state index in [2.05, 4.69) is 15.0 Å². The Morgan fingerprint density at radius 1 is 1.50 bits per heavy atom. The molecule has 1 N–H and O–H groups in total. The molecule has 1 rings (SSSR count). The molecule has 0 bridgehead atoms. The van der Waals surface area contributed by atoms with Crippen LogP contribution in [0.5, 0.6) is 0 Å². The van der Waals surface area contributed by atoms with E-state index < -0.39 is 10.0 Å². The highest BCUT2D eigenvalue weighted by atomic mass is 32.2. The first-order chi connectivity index (χ1) is 6.61. The second-order valence-corrected chi connectivity index (χ2v) is 4.50. The zero-order chi connectivity index (χ0) is 10.6. The maximum atomic E-state index is 11.6. The summed E-state index contributed by atoms with van der Waals surface area (Å²) in [5.74, 6) is 0. The van der Waals surface area contributed by atoms with E-state index in [1.165, 1.54) is 10.9 Å². The van der Waals surface area contributed by atoms with E-state index in [4.69, 9.17) is 0 Å². The van der Waals surface area contributed by atoms with Gasteiger partial charge in [0.25, 0.3) is 10.0 Å². The molecule has 0 atom stereocenters. The maximum Gasteiger partial charge on any atom is 0.259 e. The van der Waals surface area contributed by atoms with E-state index in [9.17, 15) is 8.42 Å². The molecule has 0 unspecified atom stereocenters. The topological polar surface area (TPSA) is 76.9 Å². The first-order valence-corrected chi connectivity index (χ1v) is 5.98. The molecule has 0 aliphatic heterocycles. The summed E-state index contributed by atoms with van der Waals surface area (Å²) in [6.45, 7) is 4.63. The minimum absolute atomic E-state index is 0.119. The quantitative estimate of drug-likeness (QED) is 0.754. The number of rotatable bonds is 5. The van der Waals surface area contributed by atoms with Crippen molar-refractivity contribution in [3.63, 3.8) is 0 Å². The van der Waals surface area contributed by atoms with Crippen molar-refractivity contribution in [1.29, 1.82) is 0 Å². The van der Waals surface area contributed by atoms with Crippen molar-refractivity contribution >= 4 is 10.0 Å². The van der Waals surface area contributed by atoms with Crippen LogP contribution in [0, 0.1) is 0 Å². The van der Waals surface area contributed by atoms with Gasteiger partial charge in [-0.3, -0.25) is 0 Å². The lowest BCUT2D eigenvalue weighted by Crippen LogP contribution is -2.26. The van der Waals surface area contributed by atoms with Crippen LogP contribution in [0.4, 0.5) is 0 Å². The highest BCUT2D eigenvalue weighted by Gasteiger charge is 2.18. The van der Waals surface area contributed by atoms with E-state index in [0.29, 0.717) is 13.1 Å². The van der Waals surface area contributed by atoms with Gasteiger partial charge in [0, 0.05) is 13.1 Å². The fourth-order valence-corrected chi connectivity index (χ4v) is 2.24. The fourth-order valence-electron chi connectivity index (χ4n) is 0.986. The van der Waals surface area contributed by atoms with E-state index >= 15 is 0 Å². The number of hydrogen-bond acceptors (Lipinski definition) is 4. The lowest BCUT2D eigenvalue weighted by molar-refractivity contribution is 0.537. The van der Waals surface area contributed by atoms with Crippen LogP contribution in [0.15, 0.2) is 11.2 Å². The van der Waals surface area contributed by atoms with Gasteiger partial charge in [-0.05, 0) is 13.3 Å². The lowest BCUT2D eigenvalue weighted by atomic mass is 10.5. The van der Waals surface area contributed by atoms with Gasteiger partial charge in [-0.25, -0.2) is 17.8 Å². The molecule has 0 fully saturated rings. The lowest BCUT2D eigenvalue weighted by Gasteiger charge is -2.05. The minimum Gasteiger partial charge on any atom is -0.233 e. The predicted octanol–water partition coefficient (Wildman–Crippen LogP) is -0.0137. The van der Waals surface area contributed by atoms with Gasteiger partial charge < -0.3 is 0 Å². The van der Waals surface area contributed by atoms with Crippen LogP contribution in [0.2, 0.25) is 0 Å². The van der Waals surface area contributed by atoms with Crippen molar-refractivity contribution in [2.45, 2.75) is 31.8 Å². The molecule has 0 saturated carbocycles. The van der Waals surface area contributed by atoms with E-state index in [-0.39, 0.29) is 5.03 Å². The van der Waals surface area contributed by atoms with E-state index in [0.717, 1.165) is 6.42 Å². The highest BCUT2D eigenvalue weighted by molar-refractivity contribution is 7.89. The summed E-state index contributed by atoms with van der Waals surface area (Å²) in [6, 6.07) is 0. The van der Waals surface area contributed by atoms with Gasteiger partial charge in [-0.15, -0.1) is 5.10 Å². The summed E-state index contributed by atoms with van der Waals surface area (Å²) in [5, 5.41) is 7.34. The molecule has 1 aromatic heterocycles. The second-order valence-electron chi connectivity index (χ2n) is 2.79. The normalized spacial score (nSPS) is 11.9. The summed E-state index contributed by atoms with van der Waals surface area (Å²) < 4.78 is 27.0. The first kappa shape index (κ1) is 11.1. The Bertz CT molecular complexity index is 384. The molecule has 0 saturated heterocycles. The number of nitrogens with zero attached hydrogens (tertiary/aromatic N) is 3. The number of aromatic nitrogens is 3. The molecule has 1 aromatic rings. The zero-order valence-electron chi connectivity index (χ0n) is 8.27. The Morgan fingerprint density at radius 3 is 2.79 bits per heavy atom. The molecule has 0 radical (unpaired) electrons. The summed E-state index contributed by atoms with van der Waals surface area (Å²) in [7, 11) is -3.43. The molecule has 0 aliphatic carbocycles. The molecular weight excluding hydrogens is 204 g/mol. The standard InChI is InChI=1S/C7H14N4O2S/c1-3-5-9-14(12,13)7-6-8-10-11(7)4-2/h6,9H,3-5H2,1-2H3. The van der Waals surface area contributed by atoms with E-state index in [1.807, 2.05) is 13.8 Å². The highest BCUT2D eigenvalue weighted by Crippen LogP contribution is 2.05. The van der Waals surface area contributed by atoms with Gasteiger partial charge >= 0.3 is 0 Å². The van der Waals surface area contributed by atoms with Crippen LogP contribution in [-0.4, -0.2) is 30.0 Å². The monoisotopic (exact) mass is 218 g/mol. The van der Waals surface area contributed by atoms with E-state index in [1.54, 1.807) is 0 Å². The molecule has 0 aliphatic rings. The molecule has 6 nitrogen and oxygen atoms in total. The number of aryl methyl sites for hydroxylation is 1. The van der Waals surface area contributed by atoms with Crippen LogP contribution in [0.25, 0.3) is 0 Å². The fraction of sp³-hybridized carbons (Fsp3) is 0.714. The van der Waals surface area contributed by atoms with Crippen LogP contribution in [-0.2, 0) is 16.6 Å². The van der Waals surface area contributed by atoms with Crippen molar-refractivity contribution in [3.8, 4) is 0 Å². The SMILES string of the molecule is CCCNS(=O)(=O)c1cnnn1CC. The summed E-state index contributed by atoms with van der Waals surface area (Å²) in [6.07, 6.45) is 2.01. The number of nitrogens with one attached hydrogen (secondary N) is 1. The van der Waals surface area contributed by atoms with Gasteiger partial charge in [0.15, 0.2) is 5.03 Å². The molecule has 0 spiro atoms. The third-order valence-electron chi connectivity index (χ3n) is 1.70. The van der Waals surface area contributed by atoms with Crippen LogP contribution < -0.4 is 4.72 Å². The maximum absolute atomic E-state index is 11.6. The molecule has 80 valence electrons. The Balaban J connectivity index is 2.92. The van der Waals surface area contributed by atoms with Crippen LogP contribution in [0.3, 0.4) is 0 Å². The average molecular weight is 218 g/mol. The molecular formula is C7H14N4O2S. The summed E-state index contributed by atoms with van der Waals surface area (Å²) >= 11 is 0. The summed E-state index contributed by atoms with van der Waals surface area (Å²) in [4.78, 5) is 0. The smallest absolute Gasteiger partial charge is 0.233 e. The van der Waals surface area contributed by atoms with Crippen molar-refractivity contribution in [1.82, 2.24) is 19.7 Å². The van der Waals surface area contributed by atoms with Gasteiger partial charge in [0.05, 0.1) is 6.20 Å². The largest absolute Gasteiger partial charge is 0.259 e.